The molecule has 0 atom stereocenters. The second kappa shape index (κ2) is 7.79. The average molecular weight is 347 g/mol. The maximum atomic E-state index is 12.0. The molecular formula is C17H19ClN4O2. The van der Waals surface area contributed by atoms with E-state index in [0.717, 1.165) is 11.3 Å². The highest BCUT2D eigenvalue weighted by Crippen LogP contribution is 2.16. The van der Waals surface area contributed by atoms with E-state index in [2.05, 4.69) is 15.6 Å². The Morgan fingerprint density at radius 2 is 1.96 bits per heavy atom. The number of hydrogen-bond donors (Lipinski definition) is 2. The molecule has 0 aliphatic rings. The minimum Gasteiger partial charge on any atom is -0.376 e. The van der Waals surface area contributed by atoms with Gasteiger partial charge in [-0.05, 0) is 42.8 Å². The molecule has 7 heteroatoms. The number of nitrogens with zero attached hydrogens (tertiary/aromatic N) is 2. The summed E-state index contributed by atoms with van der Waals surface area (Å²) in [5, 5.41) is 6.20. The number of anilines is 2. The number of rotatable bonds is 5. The molecule has 0 bridgehead atoms. The van der Waals surface area contributed by atoms with Crippen molar-refractivity contribution in [1.29, 1.82) is 0 Å². The van der Waals surface area contributed by atoms with Gasteiger partial charge in [0.15, 0.2) is 0 Å². The Kier molecular flexibility index (Phi) is 5.76. The minimum absolute atomic E-state index is 0.0504. The molecule has 0 aliphatic heterocycles. The first-order valence-electron chi connectivity index (χ1n) is 7.34. The van der Waals surface area contributed by atoms with E-state index in [1.165, 1.54) is 11.1 Å². The zero-order valence-electron chi connectivity index (χ0n) is 13.8. The van der Waals surface area contributed by atoms with Crippen molar-refractivity contribution in [3.05, 3.63) is 52.7 Å². The fourth-order valence-electron chi connectivity index (χ4n) is 2.07. The van der Waals surface area contributed by atoms with Crippen molar-refractivity contribution in [2.45, 2.75) is 6.92 Å². The number of pyridine rings is 1. The monoisotopic (exact) mass is 346 g/mol. The van der Waals surface area contributed by atoms with Crippen LogP contribution in [0, 0.1) is 6.92 Å². The molecule has 24 heavy (non-hydrogen) atoms. The van der Waals surface area contributed by atoms with Gasteiger partial charge in [-0.1, -0.05) is 11.6 Å². The summed E-state index contributed by atoms with van der Waals surface area (Å²) in [4.78, 5) is 29.4. The second-order valence-corrected chi connectivity index (χ2v) is 5.93. The Bertz CT molecular complexity index is 745. The predicted molar refractivity (Wildman–Crippen MR) is 95.6 cm³/mol. The summed E-state index contributed by atoms with van der Waals surface area (Å²) in [6.07, 6.45) is 1.47. The highest BCUT2D eigenvalue weighted by Gasteiger charge is 2.11. The summed E-state index contributed by atoms with van der Waals surface area (Å²) in [5.74, 6) is 0.163. The van der Waals surface area contributed by atoms with E-state index in [-0.39, 0.29) is 18.4 Å². The number of amides is 2. The lowest BCUT2D eigenvalue weighted by Gasteiger charge is -2.14. The number of aromatic nitrogens is 1. The van der Waals surface area contributed by atoms with Crippen molar-refractivity contribution in [3.8, 4) is 0 Å². The molecule has 0 unspecified atom stereocenters. The summed E-state index contributed by atoms with van der Waals surface area (Å²) < 4.78 is 0. The van der Waals surface area contributed by atoms with Gasteiger partial charge in [0.1, 0.15) is 5.82 Å². The highest BCUT2D eigenvalue weighted by molar-refractivity contribution is 6.30. The number of nitrogens with one attached hydrogen (secondary N) is 2. The van der Waals surface area contributed by atoms with Crippen LogP contribution in [0.1, 0.15) is 15.9 Å². The third-order valence-electron chi connectivity index (χ3n) is 3.31. The van der Waals surface area contributed by atoms with E-state index in [0.29, 0.717) is 16.4 Å². The SMILES string of the molecule is Cc1cc(NCC(=O)Nc2ccc(Cl)cn2)ccc1C(=O)N(C)C. The molecule has 6 nitrogen and oxygen atoms in total. The summed E-state index contributed by atoms with van der Waals surface area (Å²) in [6, 6.07) is 8.65. The van der Waals surface area contributed by atoms with E-state index in [9.17, 15) is 9.59 Å². The first-order valence-corrected chi connectivity index (χ1v) is 7.72. The molecule has 126 valence electrons. The second-order valence-electron chi connectivity index (χ2n) is 5.49. The number of hydrogen-bond acceptors (Lipinski definition) is 4. The van der Waals surface area contributed by atoms with Gasteiger partial charge in [-0.25, -0.2) is 4.98 Å². The van der Waals surface area contributed by atoms with Gasteiger partial charge < -0.3 is 15.5 Å². The molecule has 2 aromatic rings. The van der Waals surface area contributed by atoms with Crippen molar-refractivity contribution in [3.63, 3.8) is 0 Å². The van der Waals surface area contributed by atoms with Crippen molar-refractivity contribution in [2.24, 2.45) is 0 Å². The van der Waals surface area contributed by atoms with Gasteiger partial charge in [-0.15, -0.1) is 0 Å². The van der Waals surface area contributed by atoms with Crippen LogP contribution in [0.3, 0.4) is 0 Å². The number of aryl methyl sites for hydroxylation is 1. The van der Waals surface area contributed by atoms with E-state index in [1.807, 2.05) is 13.0 Å². The molecule has 2 N–H and O–H groups in total. The maximum absolute atomic E-state index is 12.0. The van der Waals surface area contributed by atoms with Gasteiger partial charge in [0.2, 0.25) is 5.91 Å². The summed E-state index contributed by atoms with van der Waals surface area (Å²) in [7, 11) is 3.42. The number of carbonyl (C=O) groups excluding carboxylic acids is 2. The summed E-state index contributed by atoms with van der Waals surface area (Å²) >= 11 is 5.74. The first-order chi connectivity index (χ1) is 11.4. The van der Waals surface area contributed by atoms with E-state index < -0.39 is 0 Å². The van der Waals surface area contributed by atoms with Gasteiger partial charge in [0.25, 0.3) is 5.91 Å². The maximum Gasteiger partial charge on any atom is 0.253 e. The van der Waals surface area contributed by atoms with Crippen LogP contribution in [0.25, 0.3) is 0 Å². The number of benzene rings is 1. The van der Waals surface area contributed by atoms with E-state index in [4.69, 9.17) is 11.6 Å². The van der Waals surface area contributed by atoms with Crippen LogP contribution in [-0.2, 0) is 4.79 Å². The van der Waals surface area contributed by atoms with E-state index >= 15 is 0 Å². The largest absolute Gasteiger partial charge is 0.376 e. The quantitative estimate of drug-likeness (QED) is 0.873. The Morgan fingerprint density at radius 1 is 1.21 bits per heavy atom. The number of carbonyl (C=O) groups is 2. The van der Waals surface area contributed by atoms with Gasteiger partial charge >= 0.3 is 0 Å². The topological polar surface area (TPSA) is 74.3 Å². The molecule has 0 aliphatic carbocycles. The molecule has 0 radical (unpaired) electrons. The molecule has 0 saturated heterocycles. The molecule has 1 aromatic carbocycles. The lowest BCUT2D eigenvalue weighted by Crippen LogP contribution is -2.23. The average Bonchev–Trinajstić information content (AvgIpc) is 2.54. The van der Waals surface area contributed by atoms with Crippen molar-refractivity contribution < 1.29 is 9.59 Å². The van der Waals surface area contributed by atoms with Crippen LogP contribution in [-0.4, -0.2) is 42.3 Å². The van der Waals surface area contributed by atoms with Gasteiger partial charge in [-0.3, -0.25) is 9.59 Å². The Labute approximate surface area is 145 Å². The molecule has 0 saturated carbocycles. The van der Waals surface area contributed by atoms with Crippen LogP contribution in [0.4, 0.5) is 11.5 Å². The lowest BCUT2D eigenvalue weighted by atomic mass is 10.1. The van der Waals surface area contributed by atoms with Crippen molar-refractivity contribution in [1.82, 2.24) is 9.88 Å². The molecule has 2 amide bonds. The first kappa shape index (κ1) is 17.7. The van der Waals surface area contributed by atoms with Crippen LogP contribution in [0.15, 0.2) is 36.5 Å². The van der Waals surface area contributed by atoms with Crippen LogP contribution in [0.2, 0.25) is 5.02 Å². The minimum atomic E-state index is -0.226. The van der Waals surface area contributed by atoms with Crippen LogP contribution < -0.4 is 10.6 Å². The molecule has 1 aromatic heterocycles. The highest BCUT2D eigenvalue weighted by atomic mass is 35.5. The Morgan fingerprint density at radius 3 is 2.54 bits per heavy atom. The standard InChI is InChI=1S/C17H19ClN4O2/c1-11-8-13(5-6-14(11)17(24)22(2)3)19-10-16(23)21-15-7-4-12(18)9-20-15/h4-9,19H,10H2,1-3H3,(H,20,21,23). The smallest absolute Gasteiger partial charge is 0.253 e. The molecule has 2 rings (SSSR count). The molecular weight excluding hydrogens is 328 g/mol. The Hall–Kier alpha value is -2.60. The molecule has 0 fully saturated rings. The Balaban J connectivity index is 1.94. The zero-order valence-corrected chi connectivity index (χ0v) is 14.5. The van der Waals surface area contributed by atoms with E-state index in [1.54, 1.807) is 38.4 Å². The van der Waals surface area contributed by atoms with Gasteiger partial charge in [0, 0.05) is 31.5 Å². The predicted octanol–water partition coefficient (Wildman–Crippen LogP) is 2.80. The lowest BCUT2D eigenvalue weighted by molar-refractivity contribution is -0.114. The summed E-state index contributed by atoms with van der Waals surface area (Å²) in [5.41, 5.74) is 2.25. The van der Waals surface area contributed by atoms with Crippen LogP contribution in [0.5, 0.6) is 0 Å². The number of halogens is 1. The van der Waals surface area contributed by atoms with Gasteiger partial charge in [0.05, 0.1) is 11.6 Å². The fourth-order valence-corrected chi connectivity index (χ4v) is 2.19. The van der Waals surface area contributed by atoms with Gasteiger partial charge in [-0.2, -0.15) is 0 Å². The van der Waals surface area contributed by atoms with Crippen molar-refractivity contribution >= 4 is 34.9 Å². The zero-order chi connectivity index (χ0) is 17.7. The third-order valence-corrected chi connectivity index (χ3v) is 3.53. The van der Waals surface area contributed by atoms with Crippen molar-refractivity contribution in [2.75, 3.05) is 31.3 Å². The molecule has 1 heterocycles. The normalized spacial score (nSPS) is 10.2. The fraction of sp³-hybridized carbons (Fsp3) is 0.235. The third kappa shape index (κ3) is 4.70. The summed E-state index contributed by atoms with van der Waals surface area (Å²) in [6.45, 7) is 1.95. The van der Waals surface area contributed by atoms with Crippen LogP contribution >= 0.6 is 11.6 Å². The molecule has 0 spiro atoms.